The maximum Gasteiger partial charge on any atom is 0.319 e. The fourth-order valence-corrected chi connectivity index (χ4v) is 4.34. The van der Waals surface area contributed by atoms with Gasteiger partial charge in [-0.25, -0.2) is 13.2 Å². The molecule has 3 rings (SSSR count). The average Bonchev–Trinajstić information content (AvgIpc) is 2.71. The maximum absolute atomic E-state index is 12.7. The summed E-state index contributed by atoms with van der Waals surface area (Å²) in [6.45, 7) is 2.13. The standard InChI is InChI=1S/C21H20ClN3O3S/c1-15-17(5-2-6-20(15)22)14-29(27,28)19-9-7-18(8-10-19)25-21(26)24-13-16-4-3-11-23-12-16/h2-12H,13-14H2,1H3,(H2,24,25,26). The highest BCUT2D eigenvalue weighted by molar-refractivity contribution is 7.90. The van der Waals surface area contributed by atoms with Gasteiger partial charge in [0.05, 0.1) is 10.6 Å². The van der Waals surface area contributed by atoms with Crippen LogP contribution in [-0.4, -0.2) is 19.4 Å². The fourth-order valence-electron chi connectivity index (χ4n) is 2.70. The summed E-state index contributed by atoms with van der Waals surface area (Å²) in [7, 11) is -3.54. The van der Waals surface area contributed by atoms with Crippen LogP contribution in [0.5, 0.6) is 0 Å². The van der Waals surface area contributed by atoms with Gasteiger partial charge < -0.3 is 10.6 Å². The number of carbonyl (C=O) groups excluding carboxylic acids is 1. The molecule has 0 saturated carbocycles. The van der Waals surface area contributed by atoms with Crippen molar-refractivity contribution in [3.05, 3.63) is 88.7 Å². The molecule has 2 N–H and O–H groups in total. The maximum atomic E-state index is 12.7. The quantitative estimate of drug-likeness (QED) is 0.610. The minimum absolute atomic E-state index is 0.141. The molecule has 2 aromatic carbocycles. The Labute approximate surface area is 174 Å². The molecule has 0 saturated heterocycles. The molecule has 29 heavy (non-hydrogen) atoms. The molecule has 0 atom stereocenters. The van der Waals surface area contributed by atoms with Crippen molar-refractivity contribution in [1.29, 1.82) is 0 Å². The van der Waals surface area contributed by atoms with Crippen LogP contribution in [0.2, 0.25) is 5.02 Å². The van der Waals surface area contributed by atoms with Crippen molar-refractivity contribution in [3.8, 4) is 0 Å². The molecule has 0 radical (unpaired) electrons. The number of anilines is 1. The Morgan fingerprint density at radius 2 is 1.83 bits per heavy atom. The van der Waals surface area contributed by atoms with Crippen LogP contribution in [0, 0.1) is 6.92 Å². The molecule has 150 valence electrons. The average molecular weight is 430 g/mol. The molecule has 8 heteroatoms. The Morgan fingerprint density at radius 3 is 2.52 bits per heavy atom. The summed E-state index contributed by atoms with van der Waals surface area (Å²) < 4.78 is 25.4. The van der Waals surface area contributed by atoms with Gasteiger partial charge in [-0.1, -0.05) is 29.8 Å². The lowest BCUT2D eigenvalue weighted by molar-refractivity contribution is 0.251. The molecule has 0 fully saturated rings. The van der Waals surface area contributed by atoms with E-state index >= 15 is 0 Å². The van der Waals surface area contributed by atoms with Crippen LogP contribution in [0.15, 0.2) is 71.9 Å². The number of rotatable bonds is 6. The predicted molar refractivity (Wildman–Crippen MR) is 114 cm³/mol. The van der Waals surface area contributed by atoms with Gasteiger partial charge in [-0.05, 0) is 60.0 Å². The summed E-state index contributed by atoms with van der Waals surface area (Å²) in [5.41, 5.74) is 2.78. The van der Waals surface area contributed by atoms with Crippen LogP contribution >= 0.6 is 11.6 Å². The van der Waals surface area contributed by atoms with Gasteiger partial charge in [0.1, 0.15) is 0 Å². The van der Waals surface area contributed by atoms with E-state index in [4.69, 9.17) is 11.6 Å². The van der Waals surface area contributed by atoms with Gasteiger partial charge in [0.25, 0.3) is 0 Å². The third-order valence-electron chi connectivity index (χ3n) is 4.37. The first-order valence-corrected chi connectivity index (χ1v) is 10.9. The number of benzene rings is 2. The highest BCUT2D eigenvalue weighted by Gasteiger charge is 2.17. The third-order valence-corrected chi connectivity index (χ3v) is 6.46. The number of halogens is 1. The van der Waals surface area contributed by atoms with E-state index in [1.807, 2.05) is 6.07 Å². The Kier molecular flexibility index (Phi) is 6.51. The second kappa shape index (κ2) is 9.07. The molecule has 3 aromatic rings. The van der Waals surface area contributed by atoms with Crippen molar-refractivity contribution < 1.29 is 13.2 Å². The summed E-state index contributed by atoms with van der Waals surface area (Å²) in [5.74, 6) is -0.141. The number of urea groups is 1. The zero-order valence-electron chi connectivity index (χ0n) is 15.7. The van der Waals surface area contributed by atoms with Crippen LogP contribution in [0.4, 0.5) is 10.5 Å². The Morgan fingerprint density at radius 1 is 1.07 bits per heavy atom. The second-order valence-corrected chi connectivity index (χ2v) is 8.87. The molecular formula is C21H20ClN3O3S. The van der Waals surface area contributed by atoms with E-state index in [9.17, 15) is 13.2 Å². The molecule has 6 nitrogen and oxygen atoms in total. The van der Waals surface area contributed by atoms with E-state index in [1.165, 1.54) is 12.1 Å². The van der Waals surface area contributed by atoms with E-state index in [-0.39, 0.29) is 16.7 Å². The van der Waals surface area contributed by atoms with E-state index < -0.39 is 9.84 Å². The van der Waals surface area contributed by atoms with Crippen LogP contribution in [-0.2, 0) is 22.1 Å². The first kappa shape index (κ1) is 20.8. The lowest BCUT2D eigenvalue weighted by Gasteiger charge is -2.10. The first-order valence-electron chi connectivity index (χ1n) is 8.86. The van der Waals surface area contributed by atoms with E-state index in [1.54, 1.807) is 55.7 Å². The lowest BCUT2D eigenvalue weighted by Crippen LogP contribution is -2.28. The summed E-state index contributed by atoms with van der Waals surface area (Å²) in [5, 5.41) is 5.93. The van der Waals surface area contributed by atoms with Gasteiger partial charge in [0.15, 0.2) is 9.84 Å². The Bertz CT molecular complexity index is 1100. The Balaban J connectivity index is 1.63. The van der Waals surface area contributed by atoms with Crippen LogP contribution < -0.4 is 10.6 Å². The predicted octanol–water partition coefficient (Wildman–Crippen LogP) is 4.34. The molecule has 0 spiro atoms. The van der Waals surface area contributed by atoms with Crippen LogP contribution in [0.3, 0.4) is 0 Å². The van der Waals surface area contributed by atoms with E-state index in [0.717, 1.165) is 11.1 Å². The zero-order valence-corrected chi connectivity index (χ0v) is 17.3. The molecule has 0 aliphatic carbocycles. The smallest absolute Gasteiger partial charge is 0.319 e. The highest BCUT2D eigenvalue weighted by Crippen LogP contribution is 2.24. The van der Waals surface area contributed by atoms with Crippen molar-refractivity contribution in [1.82, 2.24) is 10.3 Å². The van der Waals surface area contributed by atoms with Gasteiger partial charge >= 0.3 is 6.03 Å². The number of pyridine rings is 1. The molecular weight excluding hydrogens is 410 g/mol. The topological polar surface area (TPSA) is 88.2 Å². The number of aromatic nitrogens is 1. The van der Waals surface area contributed by atoms with Crippen molar-refractivity contribution >= 4 is 33.2 Å². The molecule has 2 amide bonds. The highest BCUT2D eigenvalue weighted by atomic mass is 35.5. The summed E-state index contributed by atoms with van der Waals surface area (Å²) >= 11 is 6.08. The molecule has 1 heterocycles. The van der Waals surface area contributed by atoms with Crippen molar-refractivity contribution in [2.75, 3.05) is 5.32 Å². The van der Waals surface area contributed by atoms with Crippen LogP contribution in [0.25, 0.3) is 0 Å². The number of hydrogen-bond donors (Lipinski definition) is 2. The molecule has 0 unspecified atom stereocenters. The summed E-state index contributed by atoms with van der Waals surface area (Å²) in [4.78, 5) is 16.2. The Hall–Kier alpha value is -2.90. The summed E-state index contributed by atoms with van der Waals surface area (Å²) in [6, 6.07) is 14.5. The van der Waals surface area contributed by atoms with Gasteiger partial charge in [-0.15, -0.1) is 0 Å². The number of carbonyl (C=O) groups is 1. The van der Waals surface area contributed by atoms with E-state index in [0.29, 0.717) is 22.8 Å². The molecule has 1 aromatic heterocycles. The van der Waals surface area contributed by atoms with Gasteiger partial charge in [-0.3, -0.25) is 4.98 Å². The van der Waals surface area contributed by atoms with Crippen LogP contribution in [0.1, 0.15) is 16.7 Å². The number of amides is 2. The van der Waals surface area contributed by atoms with Gasteiger partial charge in [0, 0.05) is 29.6 Å². The first-order chi connectivity index (χ1) is 13.8. The van der Waals surface area contributed by atoms with E-state index in [2.05, 4.69) is 15.6 Å². The lowest BCUT2D eigenvalue weighted by atomic mass is 10.1. The number of hydrogen-bond acceptors (Lipinski definition) is 4. The number of nitrogens with one attached hydrogen (secondary N) is 2. The normalized spacial score (nSPS) is 11.1. The second-order valence-electron chi connectivity index (χ2n) is 6.48. The minimum atomic E-state index is -3.54. The molecule has 0 aliphatic rings. The number of nitrogens with zero attached hydrogens (tertiary/aromatic N) is 1. The fraction of sp³-hybridized carbons (Fsp3) is 0.143. The van der Waals surface area contributed by atoms with Gasteiger partial charge in [0.2, 0.25) is 0 Å². The van der Waals surface area contributed by atoms with Crippen molar-refractivity contribution in [2.24, 2.45) is 0 Å². The molecule has 0 bridgehead atoms. The molecule has 0 aliphatic heterocycles. The largest absolute Gasteiger partial charge is 0.334 e. The van der Waals surface area contributed by atoms with Gasteiger partial charge in [-0.2, -0.15) is 0 Å². The third kappa shape index (κ3) is 5.56. The van der Waals surface area contributed by atoms with Crippen molar-refractivity contribution in [3.63, 3.8) is 0 Å². The van der Waals surface area contributed by atoms with Crippen molar-refractivity contribution in [2.45, 2.75) is 24.1 Å². The zero-order chi connectivity index (χ0) is 20.9. The summed E-state index contributed by atoms with van der Waals surface area (Å²) in [6.07, 6.45) is 3.33. The number of sulfone groups is 1. The monoisotopic (exact) mass is 429 g/mol. The SMILES string of the molecule is Cc1c(Cl)cccc1CS(=O)(=O)c1ccc(NC(=O)NCc2cccnc2)cc1. The minimum Gasteiger partial charge on any atom is -0.334 e.